The van der Waals surface area contributed by atoms with E-state index in [0.717, 1.165) is 16.7 Å². The standard InChI is InChI=1S/C11H13NO2/c1-6-3-9(13)4-8-5-12-7(2)11(14)10(6)8/h3-4,7,12-13H,5H2,1-2H3. The Hall–Kier alpha value is -1.35. The highest BCUT2D eigenvalue weighted by molar-refractivity contribution is 6.03. The first-order chi connectivity index (χ1) is 6.59. The number of rotatable bonds is 0. The van der Waals surface area contributed by atoms with Gasteiger partial charge in [-0.3, -0.25) is 4.79 Å². The van der Waals surface area contributed by atoms with Crippen LogP contribution in [0.1, 0.15) is 28.4 Å². The summed E-state index contributed by atoms with van der Waals surface area (Å²) < 4.78 is 0. The monoisotopic (exact) mass is 191 g/mol. The molecule has 2 rings (SSSR count). The SMILES string of the molecule is Cc1cc(O)cc2c1C(=O)C(C)NC2. The van der Waals surface area contributed by atoms with Gasteiger partial charge in [0.1, 0.15) is 5.75 Å². The van der Waals surface area contributed by atoms with Crippen molar-refractivity contribution in [2.45, 2.75) is 26.4 Å². The molecule has 0 saturated carbocycles. The lowest BCUT2D eigenvalue weighted by atomic mass is 9.91. The van der Waals surface area contributed by atoms with Gasteiger partial charge in [0.2, 0.25) is 0 Å². The topological polar surface area (TPSA) is 49.3 Å². The number of nitrogens with one attached hydrogen (secondary N) is 1. The Bertz CT molecular complexity index is 399. The average molecular weight is 191 g/mol. The van der Waals surface area contributed by atoms with Gasteiger partial charge in [-0.2, -0.15) is 0 Å². The third kappa shape index (κ3) is 1.30. The molecule has 1 aromatic carbocycles. The van der Waals surface area contributed by atoms with Crippen molar-refractivity contribution in [1.29, 1.82) is 0 Å². The van der Waals surface area contributed by atoms with Crippen LogP contribution in [0.5, 0.6) is 5.75 Å². The third-order valence-corrected chi connectivity index (χ3v) is 2.64. The number of fused-ring (bicyclic) bond motifs is 1. The third-order valence-electron chi connectivity index (χ3n) is 2.64. The van der Waals surface area contributed by atoms with Gasteiger partial charge in [-0.15, -0.1) is 0 Å². The van der Waals surface area contributed by atoms with Crippen LogP contribution in [0.15, 0.2) is 12.1 Å². The number of phenolic OH excluding ortho intramolecular Hbond substituents is 1. The second-order valence-electron chi connectivity index (χ2n) is 3.76. The molecule has 0 aromatic heterocycles. The molecule has 2 N–H and O–H groups in total. The summed E-state index contributed by atoms with van der Waals surface area (Å²) in [5, 5.41) is 12.5. The number of hydrogen-bond acceptors (Lipinski definition) is 3. The van der Waals surface area contributed by atoms with Gasteiger partial charge in [0.25, 0.3) is 0 Å². The molecular formula is C11H13NO2. The number of carbonyl (C=O) groups excluding carboxylic acids is 1. The molecule has 0 amide bonds. The fraction of sp³-hybridized carbons (Fsp3) is 0.364. The van der Waals surface area contributed by atoms with Gasteiger partial charge in [0.05, 0.1) is 6.04 Å². The molecular weight excluding hydrogens is 178 g/mol. The van der Waals surface area contributed by atoms with Crippen LogP contribution < -0.4 is 5.32 Å². The van der Waals surface area contributed by atoms with E-state index in [1.165, 1.54) is 0 Å². The van der Waals surface area contributed by atoms with Crippen molar-refractivity contribution in [1.82, 2.24) is 5.32 Å². The van der Waals surface area contributed by atoms with Crippen LogP contribution in [0, 0.1) is 6.92 Å². The summed E-state index contributed by atoms with van der Waals surface area (Å²) in [6, 6.07) is 3.17. The Labute approximate surface area is 82.8 Å². The Morgan fingerprint density at radius 3 is 2.93 bits per heavy atom. The molecule has 1 heterocycles. The van der Waals surface area contributed by atoms with Crippen LogP contribution in [0.3, 0.4) is 0 Å². The minimum atomic E-state index is -0.120. The van der Waals surface area contributed by atoms with E-state index in [4.69, 9.17) is 0 Å². The van der Waals surface area contributed by atoms with Crippen molar-refractivity contribution < 1.29 is 9.90 Å². The zero-order valence-electron chi connectivity index (χ0n) is 8.29. The van der Waals surface area contributed by atoms with E-state index in [9.17, 15) is 9.90 Å². The van der Waals surface area contributed by atoms with Crippen molar-refractivity contribution >= 4 is 5.78 Å². The van der Waals surface area contributed by atoms with Crippen LogP contribution in [-0.4, -0.2) is 16.9 Å². The Balaban J connectivity index is 2.60. The van der Waals surface area contributed by atoms with E-state index in [1.54, 1.807) is 12.1 Å². The predicted molar refractivity (Wildman–Crippen MR) is 53.5 cm³/mol. The molecule has 0 radical (unpaired) electrons. The summed E-state index contributed by atoms with van der Waals surface area (Å²) in [6.07, 6.45) is 0. The van der Waals surface area contributed by atoms with Gasteiger partial charge in [-0.25, -0.2) is 0 Å². The Kier molecular flexibility index (Phi) is 2.04. The second kappa shape index (κ2) is 3.10. The van der Waals surface area contributed by atoms with Crippen LogP contribution in [0.25, 0.3) is 0 Å². The van der Waals surface area contributed by atoms with Crippen molar-refractivity contribution in [3.63, 3.8) is 0 Å². The zero-order chi connectivity index (χ0) is 10.3. The molecule has 0 bridgehead atoms. The van der Waals surface area contributed by atoms with E-state index in [1.807, 2.05) is 13.8 Å². The van der Waals surface area contributed by atoms with Gasteiger partial charge in [0, 0.05) is 12.1 Å². The first kappa shape index (κ1) is 9.21. The molecule has 14 heavy (non-hydrogen) atoms. The summed E-state index contributed by atoms with van der Waals surface area (Å²) in [5.41, 5.74) is 2.53. The minimum Gasteiger partial charge on any atom is -0.508 e. The first-order valence-electron chi connectivity index (χ1n) is 4.69. The number of aryl methyl sites for hydroxylation is 1. The Morgan fingerprint density at radius 1 is 1.50 bits per heavy atom. The van der Waals surface area contributed by atoms with Gasteiger partial charge >= 0.3 is 0 Å². The van der Waals surface area contributed by atoms with E-state index in [0.29, 0.717) is 6.54 Å². The quantitative estimate of drug-likeness (QED) is 0.651. The molecule has 0 fully saturated rings. The lowest BCUT2D eigenvalue weighted by Gasteiger charge is -2.23. The van der Waals surface area contributed by atoms with Crippen LogP contribution in [0.2, 0.25) is 0 Å². The lowest BCUT2D eigenvalue weighted by Crippen LogP contribution is -2.39. The van der Waals surface area contributed by atoms with Crippen molar-refractivity contribution in [2.75, 3.05) is 0 Å². The maximum absolute atomic E-state index is 11.8. The molecule has 74 valence electrons. The molecule has 1 aromatic rings. The minimum absolute atomic E-state index is 0.115. The number of hydrogen-bond donors (Lipinski definition) is 2. The number of carbonyl (C=O) groups is 1. The summed E-state index contributed by atoms with van der Waals surface area (Å²) >= 11 is 0. The molecule has 1 aliphatic heterocycles. The van der Waals surface area contributed by atoms with Gasteiger partial charge in [-0.1, -0.05) is 0 Å². The van der Waals surface area contributed by atoms with E-state index >= 15 is 0 Å². The van der Waals surface area contributed by atoms with Crippen LogP contribution in [-0.2, 0) is 6.54 Å². The fourth-order valence-electron chi connectivity index (χ4n) is 1.90. The van der Waals surface area contributed by atoms with E-state index < -0.39 is 0 Å². The van der Waals surface area contributed by atoms with Crippen LogP contribution in [0.4, 0.5) is 0 Å². The summed E-state index contributed by atoms with van der Waals surface area (Å²) in [6.45, 7) is 4.36. The molecule has 0 aliphatic carbocycles. The largest absolute Gasteiger partial charge is 0.508 e. The number of aromatic hydroxyl groups is 1. The fourth-order valence-corrected chi connectivity index (χ4v) is 1.90. The molecule has 1 aliphatic rings. The van der Waals surface area contributed by atoms with E-state index in [2.05, 4.69) is 5.32 Å². The first-order valence-corrected chi connectivity index (χ1v) is 4.69. The predicted octanol–water partition coefficient (Wildman–Crippen LogP) is 1.38. The Morgan fingerprint density at radius 2 is 2.21 bits per heavy atom. The maximum atomic E-state index is 11.8. The molecule has 1 unspecified atom stereocenters. The second-order valence-corrected chi connectivity index (χ2v) is 3.76. The van der Waals surface area contributed by atoms with Gasteiger partial charge < -0.3 is 10.4 Å². The average Bonchev–Trinajstić information content (AvgIpc) is 2.10. The summed E-state index contributed by atoms with van der Waals surface area (Å²) in [4.78, 5) is 11.8. The molecule has 0 saturated heterocycles. The van der Waals surface area contributed by atoms with E-state index in [-0.39, 0.29) is 17.6 Å². The number of ketones is 1. The molecule has 1 atom stereocenters. The number of benzene rings is 1. The summed E-state index contributed by atoms with van der Waals surface area (Å²) in [7, 11) is 0. The van der Waals surface area contributed by atoms with Crippen molar-refractivity contribution in [3.05, 3.63) is 28.8 Å². The van der Waals surface area contributed by atoms with Crippen molar-refractivity contribution in [3.8, 4) is 5.75 Å². The normalized spacial score (nSPS) is 20.7. The van der Waals surface area contributed by atoms with Gasteiger partial charge in [0.15, 0.2) is 5.78 Å². The van der Waals surface area contributed by atoms with Gasteiger partial charge in [-0.05, 0) is 37.1 Å². The van der Waals surface area contributed by atoms with Crippen molar-refractivity contribution in [2.24, 2.45) is 0 Å². The lowest BCUT2D eigenvalue weighted by molar-refractivity contribution is 0.0938. The maximum Gasteiger partial charge on any atom is 0.180 e. The molecule has 0 spiro atoms. The smallest absolute Gasteiger partial charge is 0.180 e. The zero-order valence-corrected chi connectivity index (χ0v) is 8.29. The van der Waals surface area contributed by atoms with Crippen LogP contribution >= 0.6 is 0 Å². The number of Topliss-reactive ketones (excluding diaryl/α,β-unsaturated/α-hetero) is 1. The number of phenols is 1. The highest BCUT2D eigenvalue weighted by Gasteiger charge is 2.25. The summed E-state index contributed by atoms with van der Waals surface area (Å²) in [5.74, 6) is 0.342. The molecule has 3 nitrogen and oxygen atoms in total. The molecule has 3 heteroatoms. The highest BCUT2D eigenvalue weighted by Crippen LogP contribution is 2.25. The highest BCUT2D eigenvalue weighted by atomic mass is 16.3.